The molecule has 0 aliphatic rings. The second-order valence-electron chi connectivity index (χ2n) is 3.97. The molecule has 2 rings (SSSR count). The number of fused-ring (bicyclic) bond motifs is 1. The molecule has 0 aliphatic carbocycles. The lowest BCUT2D eigenvalue weighted by Gasteiger charge is -2.06. The number of aromatic nitrogens is 2. The highest BCUT2D eigenvalue weighted by molar-refractivity contribution is 7.89. The Balaban J connectivity index is 2.32. The summed E-state index contributed by atoms with van der Waals surface area (Å²) in [6.45, 7) is 3.93. The highest BCUT2D eigenvalue weighted by Gasteiger charge is 2.23. The van der Waals surface area contributed by atoms with Crippen LogP contribution in [-0.2, 0) is 10.0 Å². The van der Waals surface area contributed by atoms with Crippen molar-refractivity contribution in [1.29, 1.82) is 0 Å². The summed E-state index contributed by atoms with van der Waals surface area (Å²) in [5.74, 6) is 0. The molecule has 0 fully saturated rings. The number of nitrogens with one attached hydrogen (secondary N) is 1. The van der Waals surface area contributed by atoms with Crippen molar-refractivity contribution >= 4 is 27.3 Å². The summed E-state index contributed by atoms with van der Waals surface area (Å²) in [6, 6.07) is 5.19. The first-order valence-corrected chi connectivity index (χ1v) is 7.65. The van der Waals surface area contributed by atoms with Crippen LogP contribution < -0.4 is 4.72 Å². The van der Waals surface area contributed by atoms with E-state index < -0.39 is 10.0 Å². The van der Waals surface area contributed by atoms with Crippen molar-refractivity contribution in [3.8, 4) is 0 Å². The summed E-state index contributed by atoms with van der Waals surface area (Å²) in [6.07, 6.45) is 4.81. The molecule has 0 unspecified atom stereocenters. The minimum absolute atomic E-state index is 0.0247. The number of halogens is 1. The number of hydrogen-bond acceptors (Lipinski definition) is 3. The van der Waals surface area contributed by atoms with Gasteiger partial charge in [0.05, 0.1) is 0 Å². The van der Waals surface area contributed by atoms with Crippen LogP contribution in [0, 0.1) is 0 Å². The first kappa shape index (κ1) is 14.0. The van der Waals surface area contributed by atoms with Crippen molar-refractivity contribution < 1.29 is 8.42 Å². The number of hydrogen-bond donors (Lipinski definition) is 1. The van der Waals surface area contributed by atoms with E-state index in [1.807, 2.05) is 0 Å². The maximum atomic E-state index is 12.2. The number of imidazole rings is 1. The van der Waals surface area contributed by atoms with Gasteiger partial charge in [0.25, 0.3) is 10.0 Å². The highest BCUT2D eigenvalue weighted by atomic mass is 35.5. The second kappa shape index (κ2) is 5.73. The molecule has 0 aliphatic heterocycles. The van der Waals surface area contributed by atoms with E-state index in [0.29, 0.717) is 18.6 Å². The SMILES string of the molecule is C=CCCCNS(=O)(=O)c1c(Cl)nc2ccccn12. The zero-order chi connectivity index (χ0) is 13.9. The van der Waals surface area contributed by atoms with Gasteiger partial charge in [0.2, 0.25) is 0 Å². The van der Waals surface area contributed by atoms with Crippen LogP contribution >= 0.6 is 11.6 Å². The molecule has 19 heavy (non-hydrogen) atoms. The topological polar surface area (TPSA) is 63.5 Å². The summed E-state index contributed by atoms with van der Waals surface area (Å²) < 4.78 is 28.4. The van der Waals surface area contributed by atoms with Gasteiger partial charge in [-0.05, 0) is 25.0 Å². The molecule has 2 heterocycles. The molecule has 5 nitrogen and oxygen atoms in total. The Kier molecular flexibility index (Phi) is 4.24. The van der Waals surface area contributed by atoms with Gasteiger partial charge in [-0.25, -0.2) is 18.1 Å². The maximum absolute atomic E-state index is 12.2. The molecule has 0 aromatic carbocycles. The van der Waals surface area contributed by atoms with E-state index in [-0.39, 0.29) is 10.2 Å². The molecule has 0 saturated heterocycles. The smallest absolute Gasteiger partial charge is 0.259 e. The van der Waals surface area contributed by atoms with Gasteiger partial charge >= 0.3 is 0 Å². The Labute approximate surface area is 117 Å². The minimum Gasteiger partial charge on any atom is -0.288 e. The molecule has 2 aromatic heterocycles. The lowest BCUT2D eigenvalue weighted by atomic mass is 10.3. The molecular formula is C12H14ClN3O2S. The van der Waals surface area contributed by atoms with Gasteiger partial charge in [-0.3, -0.25) is 4.40 Å². The summed E-state index contributed by atoms with van der Waals surface area (Å²) in [5.41, 5.74) is 0.499. The maximum Gasteiger partial charge on any atom is 0.259 e. The van der Waals surface area contributed by atoms with Crippen molar-refractivity contribution in [2.75, 3.05) is 6.54 Å². The van der Waals surface area contributed by atoms with Gasteiger partial charge in [-0.2, -0.15) is 0 Å². The predicted molar refractivity (Wildman–Crippen MR) is 74.8 cm³/mol. The van der Waals surface area contributed by atoms with Gasteiger partial charge in [0, 0.05) is 12.7 Å². The van der Waals surface area contributed by atoms with E-state index >= 15 is 0 Å². The largest absolute Gasteiger partial charge is 0.288 e. The third-order valence-electron chi connectivity index (χ3n) is 2.58. The van der Waals surface area contributed by atoms with E-state index in [0.717, 1.165) is 6.42 Å². The fourth-order valence-corrected chi connectivity index (χ4v) is 3.42. The minimum atomic E-state index is -3.67. The average Bonchev–Trinajstić information content (AvgIpc) is 2.71. The standard InChI is InChI=1S/C12H14ClN3O2S/c1-2-3-5-8-14-19(17,18)12-11(13)15-10-7-4-6-9-16(10)12/h2,4,6-7,9,14H,1,3,5,8H2. The Hall–Kier alpha value is -1.37. The van der Waals surface area contributed by atoms with Gasteiger partial charge in [0.15, 0.2) is 10.2 Å². The number of rotatable bonds is 6. The molecular weight excluding hydrogens is 286 g/mol. The highest BCUT2D eigenvalue weighted by Crippen LogP contribution is 2.22. The fourth-order valence-electron chi connectivity index (χ4n) is 1.71. The number of nitrogens with zero attached hydrogens (tertiary/aromatic N) is 2. The fraction of sp³-hybridized carbons (Fsp3) is 0.250. The summed E-state index contributed by atoms with van der Waals surface area (Å²) in [5, 5.41) is -0.0502. The molecule has 1 N–H and O–H groups in total. The normalized spacial score (nSPS) is 11.8. The van der Waals surface area contributed by atoms with Crippen LogP contribution in [0.4, 0.5) is 0 Å². The first-order valence-electron chi connectivity index (χ1n) is 5.79. The van der Waals surface area contributed by atoms with E-state index in [4.69, 9.17) is 11.6 Å². The Morgan fingerprint density at radius 1 is 1.47 bits per heavy atom. The summed E-state index contributed by atoms with van der Waals surface area (Å²) >= 11 is 5.92. The van der Waals surface area contributed by atoms with Crippen LogP contribution in [0.5, 0.6) is 0 Å². The van der Waals surface area contributed by atoms with Gasteiger partial charge in [-0.15, -0.1) is 6.58 Å². The second-order valence-corrected chi connectivity index (χ2v) is 6.01. The Bertz CT molecular complexity index is 694. The van der Waals surface area contributed by atoms with Gasteiger partial charge in [-0.1, -0.05) is 23.7 Å². The zero-order valence-electron chi connectivity index (χ0n) is 10.2. The lowest BCUT2D eigenvalue weighted by Crippen LogP contribution is -2.26. The first-order chi connectivity index (χ1) is 9.06. The van der Waals surface area contributed by atoms with Crippen LogP contribution in [0.3, 0.4) is 0 Å². The predicted octanol–water partition coefficient (Wildman–Crippen LogP) is 2.23. The van der Waals surface area contributed by atoms with Gasteiger partial charge in [0.1, 0.15) is 5.65 Å². The molecule has 102 valence electrons. The van der Waals surface area contributed by atoms with Crippen molar-refractivity contribution in [1.82, 2.24) is 14.1 Å². The average molecular weight is 300 g/mol. The van der Waals surface area contributed by atoms with E-state index in [1.54, 1.807) is 30.5 Å². The molecule has 0 radical (unpaired) electrons. The summed E-state index contributed by atoms with van der Waals surface area (Å²) in [7, 11) is -3.67. The third-order valence-corrected chi connectivity index (χ3v) is 4.44. The van der Waals surface area contributed by atoms with Crippen LogP contribution in [0.25, 0.3) is 5.65 Å². The van der Waals surface area contributed by atoms with Crippen molar-refractivity contribution in [3.05, 3.63) is 42.2 Å². The Morgan fingerprint density at radius 2 is 2.26 bits per heavy atom. The van der Waals surface area contributed by atoms with Crippen LogP contribution in [0.2, 0.25) is 5.15 Å². The molecule has 7 heteroatoms. The molecule has 0 saturated carbocycles. The van der Waals surface area contributed by atoms with E-state index in [1.165, 1.54) is 4.40 Å². The number of allylic oxidation sites excluding steroid dienone is 1. The molecule has 0 atom stereocenters. The number of sulfonamides is 1. The van der Waals surface area contributed by atoms with Crippen molar-refractivity contribution in [2.24, 2.45) is 0 Å². The quantitative estimate of drug-likeness (QED) is 0.657. The molecule has 0 amide bonds. The monoisotopic (exact) mass is 299 g/mol. The lowest BCUT2D eigenvalue weighted by molar-refractivity contribution is 0.574. The molecule has 0 spiro atoms. The molecule has 0 bridgehead atoms. The van der Waals surface area contributed by atoms with Gasteiger partial charge < -0.3 is 0 Å². The third kappa shape index (κ3) is 2.97. The number of unbranched alkanes of at least 4 members (excludes halogenated alkanes) is 1. The van der Waals surface area contributed by atoms with Crippen molar-refractivity contribution in [3.63, 3.8) is 0 Å². The van der Waals surface area contributed by atoms with Crippen LogP contribution in [-0.4, -0.2) is 24.3 Å². The van der Waals surface area contributed by atoms with E-state index in [2.05, 4.69) is 16.3 Å². The van der Waals surface area contributed by atoms with Crippen LogP contribution in [0.15, 0.2) is 42.1 Å². The molecule has 2 aromatic rings. The number of pyridine rings is 1. The zero-order valence-corrected chi connectivity index (χ0v) is 11.8. The van der Waals surface area contributed by atoms with Crippen LogP contribution in [0.1, 0.15) is 12.8 Å². The van der Waals surface area contributed by atoms with E-state index in [9.17, 15) is 8.42 Å². The van der Waals surface area contributed by atoms with Crippen molar-refractivity contribution in [2.45, 2.75) is 17.9 Å². The Morgan fingerprint density at radius 3 is 3.00 bits per heavy atom. The summed E-state index contributed by atoms with van der Waals surface area (Å²) in [4.78, 5) is 4.02.